The second-order valence-electron chi connectivity index (χ2n) is 14.7. The average molecular weight is 562 g/mol. The van der Waals surface area contributed by atoms with E-state index < -0.39 is 15.7 Å². The standard InChI is InChI=1S/C32H51NO5S/c1-25-13-15-27(16-14-25)39(35,36)37-18-12-10-8-7-9-11-17-33(28(34)38-29(2,3)4)32-21-26-19-30(5,23-32)22-31(6,20-26)24-32/h13-16,26H,7-12,17-24H2,1-6H3/t26-,30-,31+,32?. The van der Waals surface area contributed by atoms with Gasteiger partial charge in [-0.2, -0.15) is 8.42 Å². The Hall–Kier alpha value is -1.60. The Labute approximate surface area is 237 Å². The third kappa shape index (κ3) is 7.58. The maximum atomic E-state index is 13.6. The number of benzene rings is 1. The van der Waals surface area contributed by atoms with Crippen LogP contribution < -0.4 is 0 Å². The molecule has 0 aliphatic heterocycles. The molecule has 1 amide bonds. The molecule has 4 bridgehead atoms. The molecule has 39 heavy (non-hydrogen) atoms. The van der Waals surface area contributed by atoms with Gasteiger partial charge in [0.05, 0.1) is 11.5 Å². The molecule has 4 aliphatic carbocycles. The molecule has 5 rings (SSSR count). The molecule has 7 heteroatoms. The van der Waals surface area contributed by atoms with Crippen LogP contribution in [0.2, 0.25) is 0 Å². The van der Waals surface area contributed by atoms with E-state index in [1.807, 2.05) is 27.7 Å². The molecule has 0 radical (unpaired) electrons. The molecule has 220 valence electrons. The third-order valence-electron chi connectivity index (χ3n) is 9.11. The van der Waals surface area contributed by atoms with E-state index in [1.165, 1.54) is 19.3 Å². The third-order valence-corrected chi connectivity index (χ3v) is 10.4. The molecule has 4 fully saturated rings. The summed E-state index contributed by atoms with van der Waals surface area (Å²) in [7, 11) is -3.69. The van der Waals surface area contributed by atoms with Gasteiger partial charge in [-0.15, -0.1) is 0 Å². The van der Waals surface area contributed by atoms with Gasteiger partial charge in [0.25, 0.3) is 10.1 Å². The van der Waals surface area contributed by atoms with E-state index in [9.17, 15) is 13.2 Å². The molecule has 4 aliphatic rings. The van der Waals surface area contributed by atoms with Crippen LogP contribution in [-0.2, 0) is 19.0 Å². The van der Waals surface area contributed by atoms with Gasteiger partial charge in [-0.25, -0.2) is 4.79 Å². The summed E-state index contributed by atoms with van der Waals surface area (Å²) in [6, 6.07) is 6.75. The largest absolute Gasteiger partial charge is 0.444 e. The second-order valence-corrected chi connectivity index (χ2v) is 16.3. The molecule has 6 nitrogen and oxygen atoms in total. The summed E-state index contributed by atoms with van der Waals surface area (Å²) in [4.78, 5) is 15.9. The van der Waals surface area contributed by atoms with Gasteiger partial charge in [-0.1, -0.05) is 57.2 Å². The lowest BCUT2D eigenvalue weighted by molar-refractivity contribution is -0.157. The number of aryl methyl sites for hydroxylation is 1. The predicted octanol–water partition coefficient (Wildman–Crippen LogP) is 8.03. The van der Waals surface area contributed by atoms with Crippen molar-refractivity contribution < 1.29 is 22.1 Å². The average Bonchev–Trinajstić information content (AvgIpc) is 2.76. The van der Waals surface area contributed by atoms with E-state index in [-0.39, 0.29) is 23.1 Å². The quantitative estimate of drug-likeness (QED) is 0.191. The summed E-state index contributed by atoms with van der Waals surface area (Å²) < 4.78 is 35.8. The molecule has 4 saturated carbocycles. The SMILES string of the molecule is Cc1ccc(S(=O)(=O)OCCCCCCCCN(C(=O)OC(C)(C)C)C23C[C@@H]4C[C@@](C)(C2)C[C@](C)(C4)C3)cc1. The van der Waals surface area contributed by atoms with Crippen LogP contribution in [0.4, 0.5) is 4.79 Å². The van der Waals surface area contributed by atoms with Crippen LogP contribution in [0.1, 0.15) is 117 Å². The zero-order valence-electron chi connectivity index (χ0n) is 25.2. The summed E-state index contributed by atoms with van der Waals surface area (Å²) >= 11 is 0. The maximum absolute atomic E-state index is 13.6. The fourth-order valence-electron chi connectivity index (χ4n) is 8.55. The number of nitrogens with zero attached hydrogens (tertiary/aromatic N) is 1. The van der Waals surface area contributed by atoms with Gasteiger partial charge in [0.1, 0.15) is 5.60 Å². The number of carbonyl (C=O) groups excluding carboxylic acids is 1. The zero-order valence-corrected chi connectivity index (χ0v) is 26.0. The van der Waals surface area contributed by atoms with Gasteiger partial charge >= 0.3 is 6.09 Å². The van der Waals surface area contributed by atoms with Crippen LogP contribution in [0.15, 0.2) is 29.2 Å². The van der Waals surface area contributed by atoms with Crippen molar-refractivity contribution >= 4 is 16.2 Å². The highest BCUT2D eigenvalue weighted by atomic mass is 32.2. The van der Waals surface area contributed by atoms with Gasteiger partial charge in [0, 0.05) is 12.1 Å². The maximum Gasteiger partial charge on any atom is 0.410 e. The number of unbranched alkanes of at least 4 members (excludes halogenated alkanes) is 5. The monoisotopic (exact) mass is 561 g/mol. The lowest BCUT2D eigenvalue weighted by Gasteiger charge is -2.67. The first kappa shape index (κ1) is 30.4. The number of rotatable bonds is 12. The van der Waals surface area contributed by atoms with E-state index in [2.05, 4.69) is 18.7 Å². The van der Waals surface area contributed by atoms with Crippen molar-refractivity contribution in [1.82, 2.24) is 4.90 Å². The molecular formula is C32H51NO5S. The number of ether oxygens (including phenoxy) is 1. The summed E-state index contributed by atoms with van der Waals surface area (Å²) in [6.45, 7) is 13.7. The zero-order chi connectivity index (χ0) is 28.5. The molecule has 1 aromatic carbocycles. The van der Waals surface area contributed by atoms with Crippen molar-refractivity contribution in [1.29, 1.82) is 0 Å². The number of carbonyl (C=O) groups is 1. The van der Waals surface area contributed by atoms with Crippen molar-refractivity contribution in [2.75, 3.05) is 13.2 Å². The van der Waals surface area contributed by atoms with Crippen molar-refractivity contribution in [3.05, 3.63) is 29.8 Å². The highest BCUT2D eigenvalue weighted by Gasteiger charge is 2.62. The van der Waals surface area contributed by atoms with Gasteiger partial charge < -0.3 is 9.64 Å². The molecule has 1 unspecified atom stereocenters. The second kappa shape index (κ2) is 11.3. The lowest BCUT2D eigenvalue weighted by Crippen LogP contribution is -2.66. The van der Waals surface area contributed by atoms with Crippen LogP contribution in [0, 0.1) is 23.7 Å². The minimum absolute atomic E-state index is 0.0640. The molecule has 0 spiro atoms. The first-order chi connectivity index (χ1) is 18.1. The van der Waals surface area contributed by atoms with Gasteiger partial charge in [0.15, 0.2) is 0 Å². The predicted molar refractivity (Wildman–Crippen MR) is 155 cm³/mol. The van der Waals surface area contributed by atoms with Gasteiger partial charge in [0.2, 0.25) is 0 Å². The van der Waals surface area contributed by atoms with Crippen molar-refractivity contribution in [2.24, 2.45) is 16.7 Å². The molecule has 0 aromatic heterocycles. The first-order valence-electron chi connectivity index (χ1n) is 15.1. The lowest BCUT2D eigenvalue weighted by atomic mass is 9.42. The highest BCUT2D eigenvalue weighted by molar-refractivity contribution is 7.86. The molecule has 0 heterocycles. The number of hydrogen-bond donors (Lipinski definition) is 0. The first-order valence-corrected chi connectivity index (χ1v) is 16.5. The summed E-state index contributed by atoms with van der Waals surface area (Å²) in [5, 5.41) is 0. The molecule has 1 aromatic rings. The Morgan fingerprint density at radius 1 is 0.897 bits per heavy atom. The Balaban J connectivity index is 1.24. The molecule has 0 N–H and O–H groups in total. The smallest absolute Gasteiger partial charge is 0.410 e. The summed E-state index contributed by atoms with van der Waals surface area (Å²) in [5.74, 6) is 0.721. The Morgan fingerprint density at radius 2 is 1.46 bits per heavy atom. The minimum atomic E-state index is -3.69. The summed E-state index contributed by atoms with van der Waals surface area (Å²) in [6.07, 6.45) is 12.9. The van der Waals surface area contributed by atoms with Crippen molar-refractivity contribution in [3.63, 3.8) is 0 Å². The van der Waals surface area contributed by atoms with E-state index in [1.54, 1.807) is 24.3 Å². The van der Waals surface area contributed by atoms with Crippen LogP contribution in [-0.4, -0.2) is 43.7 Å². The Morgan fingerprint density at radius 3 is 2.03 bits per heavy atom. The number of hydrogen-bond acceptors (Lipinski definition) is 5. The fourth-order valence-corrected chi connectivity index (χ4v) is 9.49. The van der Waals surface area contributed by atoms with Gasteiger partial charge in [-0.3, -0.25) is 4.18 Å². The fraction of sp³-hybridized carbons (Fsp3) is 0.781. The van der Waals surface area contributed by atoms with Crippen LogP contribution >= 0.6 is 0 Å². The topological polar surface area (TPSA) is 72.9 Å². The normalized spacial score (nSPS) is 29.9. The molecular weight excluding hydrogens is 510 g/mol. The van der Waals surface area contributed by atoms with Crippen LogP contribution in [0.25, 0.3) is 0 Å². The van der Waals surface area contributed by atoms with Gasteiger partial charge in [-0.05, 0) is 108 Å². The summed E-state index contributed by atoms with van der Waals surface area (Å²) in [5.41, 5.74) is 1.13. The van der Waals surface area contributed by atoms with Crippen molar-refractivity contribution in [2.45, 2.75) is 135 Å². The van der Waals surface area contributed by atoms with E-state index in [0.29, 0.717) is 10.8 Å². The molecule has 4 atom stereocenters. The van der Waals surface area contributed by atoms with Crippen LogP contribution in [0.5, 0.6) is 0 Å². The Bertz CT molecular complexity index is 1090. The van der Waals surface area contributed by atoms with Crippen LogP contribution in [0.3, 0.4) is 0 Å². The minimum Gasteiger partial charge on any atom is -0.444 e. The highest BCUT2D eigenvalue weighted by Crippen LogP contribution is 2.67. The Kier molecular flexibility index (Phi) is 8.83. The molecule has 0 saturated heterocycles. The number of amides is 1. The van der Waals surface area contributed by atoms with Crippen molar-refractivity contribution in [3.8, 4) is 0 Å². The van der Waals surface area contributed by atoms with E-state index in [4.69, 9.17) is 8.92 Å². The van der Waals surface area contributed by atoms with E-state index >= 15 is 0 Å². The van der Waals surface area contributed by atoms with E-state index in [0.717, 1.165) is 75.8 Å².